The van der Waals surface area contributed by atoms with Gasteiger partial charge in [0.05, 0.1) is 6.21 Å². The highest BCUT2D eigenvalue weighted by Gasteiger charge is 2.19. The second kappa shape index (κ2) is 7.52. The Bertz CT molecular complexity index is 1230. The number of hydrogen-bond donors (Lipinski definition) is 4. The van der Waals surface area contributed by atoms with Gasteiger partial charge >= 0.3 is 0 Å². The number of hydrazone groups is 1. The zero-order valence-corrected chi connectivity index (χ0v) is 15.7. The first-order valence-corrected chi connectivity index (χ1v) is 9.06. The number of phenolic OH excluding ortho intramolecular Hbond substituents is 2. The molecule has 0 spiro atoms. The number of aryl methyl sites for hydroxylation is 1. The molecule has 29 heavy (non-hydrogen) atoms. The molecule has 0 aliphatic heterocycles. The first-order chi connectivity index (χ1) is 14.0. The molecule has 0 saturated carbocycles. The summed E-state index contributed by atoms with van der Waals surface area (Å²) in [6, 6.07) is 19.8. The second-order valence-electron chi connectivity index (χ2n) is 6.73. The fraction of sp³-hybridized carbons (Fsp3) is 0.0435. The highest BCUT2D eigenvalue weighted by Crippen LogP contribution is 2.33. The van der Waals surface area contributed by atoms with E-state index in [0.29, 0.717) is 11.3 Å². The Hall–Kier alpha value is -4.06. The summed E-state index contributed by atoms with van der Waals surface area (Å²) in [5.74, 6) is -0.578. The molecule has 1 amide bonds. The van der Waals surface area contributed by atoms with E-state index < -0.39 is 5.91 Å². The van der Waals surface area contributed by atoms with Crippen LogP contribution in [-0.4, -0.2) is 27.3 Å². The van der Waals surface area contributed by atoms with Crippen molar-refractivity contribution in [3.05, 3.63) is 83.6 Å². The number of aromatic nitrogens is 1. The lowest BCUT2D eigenvalue weighted by atomic mass is 10.0. The van der Waals surface area contributed by atoms with Crippen molar-refractivity contribution < 1.29 is 15.0 Å². The molecule has 0 atom stereocenters. The smallest absolute Gasteiger partial charge is 0.288 e. The third kappa shape index (κ3) is 3.68. The molecule has 0 radical (unpaired) electrons. The van der Waals surface area contributed by atoms with Gasteiger partial charge in [0.2, 0.25) is 0 Å². The summed E-state index contributed by atoms with van der Waals surface area (Å²) in [5, 5.41) is 24.1. The summed E-state index contributed by atoms with van der Waals surface area (Å²) in [7, 11) is 0. The Morgan fingerprint density at radius 2 is 1.83 bits per heavy atom. The van der Waals surface area contributed by atoms with Gasteiger partial charge in [-0.25, -0.2) is 5.43 Å². The van der Waals surface area contributed by atoms with E-state index in [1.54, 1.807) is 0 Å². The lowest BCUT2D eigenvalue weighted by Crippen LogP contribution is -2.18. The van der Waals surface area contributed by atoms with Crippen LogP contribution < -0.4 is 5.43 Å². The standard InChI is InChI=1S/C23H19N3O3/c1-14-7-10-19-18(11-14)21(15-5-3-2-4-6-15)22(25-19)23(29)26-24-13-16-8-9-17(27)12-20(16)28/h2-13,25,27-28H,1H3,(H,26,29)/b24-13+. The number of carbonyl (C=O) groups excluding carboxylic acids is 1. The molecule has 4 aromatic rings. The van der Waals surface area contributed by atoms with Crippen LogP contribution in [0.5, 0.6) is 11.5 Å². The molecule has 0 aliphatic carbocycles. The van der Waals surface area contributed by atoms with E-state index >= 15 is 0 Å². The summed E-state index contributed by atoms with van der Waals surface area (Å²) in [4.78, 5) is 16.1. The number of amides is 1. The molecule has 144 valence electrons. The monoisotopic (exact) mass is 385 g/mol. The summed E-state index contributed by atoms with van der Waals surface area (Å²) >= 11 is 0. The summed E-state index contributed by atoms with van der Waals surface area (Å²) in [6.45, 7) is 2.01. The number of hydrogen-bond acceptors (Lipinski definition) is 4. The number of rotatable bonds is 4. The van der Waals surface area contributed by atoms with E-state index in [9.17, 15) is 15.0 Å². The summed E-state index contributed by atoms with van der Waals surface area (Å²) < 4.78 is 0. The lowest BCUT2D eigenvalue weighted by Gasteiger charge is -2.05. The Morgan fingerprint density at radius 1 is 1.03 bits per heavy atom. The molecular weight excluding hydrogens is 366 g/mol. The van der Waals surface area contributed by atoms with E-state index in [2.05, 4.69) is 15.5 Å². The van der Waals surface area contributed by atoms with Gasteiger partial charge in [-0.05, 0) is 36.8 Å². The number of carbonyl (C=O) groups is 1. The maximum atomic E-state index is 12.9. The average molecular weight is 385 g/mol. The van der Waals surface area contributed by atoms with Crippen LogP contribution in [0.15, 0.2) is 71.8 Å². The molecule has 4 N–H and O–H groups in total. The number of aromatic hydroxyl groups is 2. The number of phenols is 2. The van der Waals surface area contributed by atoms with Crippen LogP contribution in [-0.2, 0) is 0 Å². The van der Waals surface area contributed by atoms with Crippen molar-refractivity contribution in [2.45, 2.75) is 6.92 Å². The van der Waals surface area contributed by atoms with Crippen molar-refractivity contribution in [1.29, 1.82) is 0 Å². The van der Waals surface area contributed by atoms with Crippen molar-refractivity contribution in [2.75, 3.05) is 0 Å². The molecule has 4 rings (SSSR count). The van der Waals surface area contributed by atoms with Gasteiger partial charge in [-0.15, -0.1) is 0 Å². The zero-order valence-electron chi connectivity index (χ0n) is 15.7. The van der Waals surface area contributed by atoms with Gasteiger partial charge in [-0.3, -0.25) is 4.79 Å². The Morgan fingerprint density at radius 3 is 2.59 bits per heavy atom. The highest BCUT2D eigenvalue weighted by molar-refractivity contribution is 6.10. The van der Waals surface area contributed by atoms with E-state index in [1.165, 1.54) is 24.4 Å². The Balaban J connectivity index is 1.69. The maximum Gasteiger partial charge on any atom is 0.288 e. The normalized spacial score (nSPS) is 11.2. The molecular formula is C23H19N3O3. The number of H-pyrrole nitrogens is 1. The zero-order chi connectivity index (χ0) is 20.4. The number of aromatic amines is 1. The van der Waals surface area contributed by atoms with Crippen molar-refractivity contribution in [1.82, 2.24) is 10.4 Å². The number of benzene rings is 3. The molecule has 0 bridgehead atoms. The van der Waals surface area contributed by atoms with Crippen LogP contribution in [0.25, 0.3) is 22.0 Å². The van der Waals surface area contributed by atoms with Crippen LogP contribution in [0.2, 0.25) is 0 Å². The van der Waals surface area contributed by atoms with Gasteiger partial charge in [-0.2, -0.15) is 5.10 Å². The largest absolute Gasteiger partial charge is 0.508 e. The second-order valence-corrected chi connectivity index (χ2v) is 6.73. The molecule has 3 aromatic carbocycles. The lowest BCUT2D eigenvalue weighted by molar-refractivity contribution is 0.0951. The van der Waals surface area contributed by atoms with Crippen LogP contribution in [0.1, 0.15) is 21.6 Å². The number of nitrogens with one attached hydrogen (secondary N) is 2. The van der Waals surface area contributed by atoms with E-state index in [-0.39, 0.29) is 11.5 Å². The van der Waals surface area contributed by atoms with Gasteiger partial charge in [0.25, 0.3) is 5.91 Å². The molecule has 6 heteroatoms. The third-order valence-electron chi connectivity index (χ3n) is 4.63. The molecule has 0 unspecified atom stereocenters. The molecule has 1 aromatic heterocycles. The van der Waals surface area contributed by atoms with Crippen molar-refractivity contribution in [3.63, 3.8) is 0 Å². The van der Waals surface area contributed by atoms with Gasteiger partial charge in [0.15, 0.2) is 0 Å². The Kier molecular flexibility index (Phi) is 4.75. The van der Waals surface area contributed by atoms with Crippen molar-refractivity contribution in [3.8, 4) is 22.6 Å². The number of nitrogens with zero attached hydrogens (tertiary/aromatic N) is 1. The van der Waals surface area contributed by atoms with Gasteiger partial charge < -0.3 is 15.2 Å². The predicted octanol–water partition coefficient (Wildman–Crippen LogP) is 4.32. The average Bonchev–Trinajstić information content (AvgIpc) is 3.09. The van der Waals surface area contributed by atoms with Crippen LogP contribution in [0.3, 0.4) is 0 Å². The minimum absolute atomic E-state index is 0.0513. The van der Waals surface area contributed by atoms with Crippen LogP contribution in [0, 0.1) is 6.92 Å². The van der Waals surface area contributed by atoms with E-state index in [1.807, 2.05) is 55.5 Å². The first-order valence-electron chi connectivity index (χ1n) is 9.06. The minimum atomic E-state index is -0.396. The van der Waals surface area contributed by atoms with Crippen LogP contribution >= 0.6 is 0 Å². The molecule has 0 aliphatic rings. The third-order valence-corrected chi connectivity index (χ3v) is 4.63. The predicted molar refractivity (Wildman–Crippen MR) is 113 cm³/mol. The van der Waals surface area contributed by atoms with Crippen molar-refractivity contribution in [2.24, 2.45) is 5.10 Å². The molecule has 0 fully saturated rings. The molecule has 1 heterocycles. The Labute approximate surface area is 167 Å². The van der Waals surface area contributed by atoms with Gasteiger partial charge in [-0.1, -0.05) is 42.0 Å². The molecule has 0 saturated heterocycles. The first kappa shape index (κ1) is 18.3. The fourth-order valence-corrected chi connectivity index (χ4v) is 3.24. The quantitative estimate of drug-likeness (QED) is 0.311. The van der Waals surface area contributed by atoms with Gasteiger partial charge in [0.1, 0.15) is 17.2 Å². The summed E-state index contributed by atoms with van der Waals surface area (Å²) in [6.07, 6.45) is 1.32. The van der Waals surface area contributed by atoms with Gasteiger partial charge in [0, 0.05) is 28.1 Å². The maximum absolute atomic E-state index is 12.9. The topological polar surface area (TPSA) is 97.7 Å². The van der Waals surface area contributed by atoms with E-state index in [0.717, 1.165) is 27.6 Å². The summed E-state index contributed by atoms with van der Waals surface area (Å²) in [5.41, 5.74) is 6.98. The minimum Gasteiger partial charge on any atom is -0.508 e. The highest BCUT2D eigenvalue weighted by atomic mass is 16.3. The SMILES string of the molecule is Cc1ccc2[nH]c(C(=O)N/N=C/c3ccc(O)cc3O)c(-c3ccccc3)c2c1. The fourth-order valence-electron chi connectivity index (χ4n) is 3.24. The van der Waals surface area contributed by atoms with E-state index in [4.69, 9.17) is 0 Å². The molecule has 6 nitrogen and oxygen atoms in total. The number of fused-ring (bicyclic) bond motifs is 1. The van der Waals surface area contributed by atoms with Crippen LogP contribution in [0.4, 0.5) is 0 Å². The van der Waals surface area contributed by atoms with Crippen molar-refractivity contribution >= 4 is 23.0 Å².